The molecular formula is C14H15N5. The highest BCUT2D eigenvalue weighted by Crippen LogP contribution is 2.30. The van der Waals surface area contributed by atoms with Crippen molar-refractivity contribution < 1.29 is 0 Å². The van der Waals surface area contributed by atoms with Crippen molar-refractivity contribution in [2.75, 3.05) is 11.1 Å². The van der Waals surface area contributed by atoms with Crippen LogP contribution in [0.3, 0.4) is 0 Å². The third kappa shape index (κ3) is 2.10. The lowest BCUT2D eigenvalue weighted by Crippen LogP contribution is -1.95. The fourth-order valence-electron chi connectivity index (χ4n) is 2.12. The highest BCUT2D eigenvalue weighted by Gasteiger charge is 2.06. The number of nitrogen functional groups attached to an aromatic ring is 1. The number of nitrogens with two attached hydrogens (primary N) is 1. The number of aromatic nitrogens is 3. The highest BCUT2D eigenvalue weighted by molar-refractivity contribution is 6.01. The van der Waals surface area contributed by atoms with Gasteiger partial charge in [-0.15, -0.1) is 0 Å². The molecule has 0 saturated carbocycles. The van der Waals surface area contributed by atoms with Gasteiger partial charge in [0.2, 0.25) is 0 Å². The Morgan fingerprint density at radius 3 is 2.79 bits per heavy atom. The van der Waals surface area contributed by atoms with Gasteiger partial charge < -0.3 is 11.1 Å². The number of anilines is 3. The number of benzene rings is 1. The van der Waals surface area contributed by atoms with Crippen LogP contribution in [0.1, 0.15) is 5.69 Å². The molecular weight excluding hydrogens is 238 g/mol. The Balaban J connectivity index is 2.13. The van der Waals surface area contributed by atoms with Gasteiger partial charge >= 0.3 is 0 Å². The summed E-state index contributed by atoms with van der Waals surface area (Å²) in [7, 11) is 1.89. The van der Waals surface area contributed by atoms with E-state index in [1.165, 1.54) is 0 Å². The second-order valence-electron chi connectivity index (χ2n) is 4.60. The SMILES string of the molecule is Cc1cc2c(Nc3cnn(C)c3)ccc(N)c2cn1. The zero-order chi connectivity index (χ0) is 13.4. The number of fused-ring (bicyclic) bond motifs is 1. The smallest absolute Gasteiger partial charge is 0.0770 e. The molecule has 3 rings (SSSR count). The van der Waals surface area contributed by atoms with Crippen molar-refractivity contribution >= 4 is 27.8 Å². The van der Waals surface area contributed by atoms with Crippen LogP contribution in [0, 0.1) is 6.92 Å². The minimum absolute atomic E-state index is 0.735. The number of nitrogens with one attached hydrogen (secondary N) is 1. The maximum absolute atomic E-state index is 5.99. The second-order valence-corrected chi connectivity index (χ2v) is 4.60. The molecule has 2 aromatic heterocycles. The van der Waals surface area contributed by atoms with E-state index >= 15 is 0 Å². The lowest BCUT2D eigenvalue weighted by atomic mass is 10.1. The number of pyridine rings is 1. The molecule has 0 fully saturated rings. The van der Waals surface area contributed by atoms with E-state index in [9.17, 15) is 0 Å². The fraction of sp³-hybridized carbons (Fsp3) is 0.143. The van der Waals surface area contributed by atoms with Gasteiger partial charge in [-0.3, -0.25) is 9.67 Å². The summed E-state index contributed by atoms with van der Waals surface area (Å²) in [6.45, 7) is 1.97. The van der Waals surface area contributed by atoms with Crippen LogP contribution >= 0.6 is 0 Å². The zero-order valence-electron chi connectivity index (χ0n) is 10.9. The standard InChI is InChI=1S/C14H15N5/c1-9-5-11-12(7-16-9)13(15)3-4-14(11)18-10-6-17-19(2)8-10/h3-8,18H,15H2,1-2H3. The van der Waals surface area contributed by atoms with E-state index in [2.05, 4.69) is 15.4 Å². The number of hydrogen-bond donors (Lipinski definition) is 2. The summed E-state index contributed by atoms with van der Waals surface area (Å²) in [5, 5.41) is 9.52. The highest BCUT2D eigenvalue weighted by atomic mass is 15.3. The minimum atomic E-state index is 0.735. The average Bonchev–Trinajstić information content (AvgIpc) is 2.78. The summed E-state index contributed by atoms with van der Waals surface area (Å²) in [5.41, 5.74) is 9.64. The monoisotopic (exact) mass is 253 g/mol. The van der Waals surface area contributed by atoms with Gasteiger partial charge in [0, 0.05) is 47.3 Å². The molecule has 0 saturated heterocycles. The lowest BCUT2D eigenvalue weighted by molar-refractivity contribution is 0.768. The Morgan fingerprint density at radius 1 is 1.21 bits per heavy atom. The molecule has 5 nitrogen and oxygen atoms in total. The molecule has 19 heavy (non-hydrogen) atoms. The maximum Gasteiger partial charge on any atom is 0.0770 e. The molecule has 3 N–H and O–H groups in total. The van der Waals surface area contributed by atoms with Crippen LogP contribution in [0.5, 0.6) is 0 Å². The van der Waals surface area contributed by atoms with Crippen LogP contribution in [0.15, 0.2) is 36.8 Å². The molecule has 2 heterocycles. The predicted octanol–water partition coefficient (Wildman–Crippen LogP) is 2.60. The summed E-state index contributed by atoms with van der Waals surface area (Å²) < 4.78 is 1.76. The molecule has 1 aromatic carbocycles. The Bertz CT molecular complexity index is 745. The largest absolute Gasteiger partial charge is 0.398 e. The predicted molar refractivity (Wildman–Crippen MR) is 77.4 cm³/mol. The first-order valence-corrected chi connectivity index (χ1v) is 6.04. The van der Waals surface area contributed by atoms with Crippen LogP contribution in [0.25, 0.3) is 10.8 Å². The second kappa shape index (κ2) is 4.28. The third-order valence-electron chi connectivity index (χ3n) is 3.06. The minimum Gasteiger partial charge on any atom is -0.398 e. The van der Waals surface area contributed by atoms with Crippen molar-refractivity contribution in [1.82, 2.24) is 14.8 Å². The quantitative estimate of drug-likeness (QED) is 0.689. The van der Waals surface area contributed by atoms with Gasteiger partial charge in [-0.1, -0.05) is 0 Å². The summed E-state index contributed by atoms with van der Waals surface area (Å²) >= 11 is 0. The van der Waals surface area contributed by atoms with Crippen molar-refractivity contribution in [1.29, 1.82) is 0 Å². The van der Waals surface area contributed by atoms with Gasteiger partial charge in [0.25, 0.3) is 0 Å². The Hall–Kier alpha value is -2.56. The van der Waals surface area contributed by atoms with E-state index in [0.717, 1.165) is 33.5 Å². The first kappa shape index (κ1) is 11.5. The molecule has 0 amide bonds. The van der Waals surface area contributed by atoms with E-state index < -0.39 is 0 Å². The topological polar surface area (TPSA) is 68.8 Å². The van der Waals surface area contributed by atoms with Crippen LogP contribution in [0.4, 0.5) is 17.1 Å². The molecule has 96 valence electrons. The third-order valence-corrected chi connectivity index (χ3v) is 3.06. The number of aryl methyl sites for hydroxylation is 2. The number of rotatable bonds is 2. The molecule has 0 atom stereocenters. The van der Waals surface area contributed by atoms with Crippen LogP contribution in [0.2, 0.25) is 0 Å². The molecule has 0 radical (unpaired) electrons. The maximum atomic E-state index is 5.99. The molecule has 0 aliphatic heterocycles. The van der Waals surface area contributed by atoms with Gasteiger partial charge in [0.1, 0.15) is 0 Å². The molecule has 3 aromatic rings. The fourth-order valence-corrected chi connectivity index (χ4v) is 2.12. The van der Waals surface area contributed by atoms with Gasteiger partial charge in [-0.2, -0.15) is 5.10 Å². The average molecular weight is 253 g/mol. The van der Waals surface area contributed by atoms with E-state index in [4.69, 9.17) is 5.73 Å². The Morgan fingerprint density at radius 2 is 2.05 bits per heavy atom. The molecule has 0 aliphatic carbocycles. The molecule has 0 bridgehead atoms. The van der Waals surface area contributed by atoms with Crippen LogP contribution in [-0.2, 0) is 7.05 Å². The van der Waals surface area contributed by atoms with Crippen LogP contribution in [-0.4, -0.2) is 14.8 Å². The summed E-state index contributed by atoms with van der Waals surface area (Å²) in [6.07, 6.45) is 5.53. The van der Waals surface area contributed by atoms with Crippen molar-refractivity contribution in [3.8, 4) is 0 Å². The van der Waals surface area contributed by atoms with Crippen molar-refractivity contribution in [3.63, 3.8) is 0 Å². The molecule has 5 heteroatoms. The first-order valence-electron chi connectivity index (χ1n) is 6.04. The van der Waals surface area contributed by atoms with Gasteiger partial charge in [0.15, 0.2) is 0 Å². The van der Waals surface area contributed by atoms with E-state index in [1.54, 1.807) is 10.9 Å². The van der Waals surface area contributed by atoms with Gasteiger partial charge in [-0.25, -0.2) is 0 Å². The summed E-state index contributed by atoms with van der Waals surface area (Å²) in [6, 6.07) is 5.90. The summed E-state index contributed by atoms with van der Waals surface area (Å²) in [4.78, 5) is 4.30. The molecule has 0 unspecified atom stereocenters. The number of nitrogens with zero attached hydrogens (tertiary/aromatic N) is 3. The van der Waals surface area contributed by atoms with Crippen LogP contribution < -0.4 is 11.1 Å². The Kier molecular flexibility index (Phi) is 2.59. The summed E-state index contributed by atoms with van der Waals surface area (Å²) in [5.74, 6) is 0. The van der Waals surface area contributed by atoms with Crippen molar-refractivity contribution in [2.45, 2.75) is 6.92 Å². The van der Waals surface area contributed by atoms with Gasteiger partial charge in [0.05, 0.1) is 11.9 Å². The van der Waals surface area contributed by atoms with Gasteiger partial charge in [-0.05, 0) is 25.1 Å². The van der Waals surface area contributed by atoms with E-state index in [1.807, 2.05) is 44.6 Å². The van der Waals surface area contributed by atoms with E-state index in [0.29, 0.717) is 0 Å². The number of hydrogen-bond acceptors (Lipinski definition) is 4. The van der Waals surface area contributed by atoms with Crippen molar-refractivity contribution in [2.24, 2.45) is 7.05 Å². The molecule has 0 spiro atoms. The Labute approximate surface area is 111 Å². The first-order chi connectivity index (χ1) is 9.13. The zero-order valence-corrected chi connectivity index (χ0v) is 10.9. The molecule has 0 aliphatic rings. The van der Waals surface area contributed by atoms with E-state index in [-0.39, 0.29) is 0 Å². The normalized spacial score (nSPS) is 10.8. The van der Waals surface area contributed by atoms with Crippen molar-refractivity contribution in [3.05, 3.63) is 42.5 Å². The lowest BCUT2D eigenvalue weighted by Gasteiger charge is -2.10.